The quantitative estimate of drug-likeness (QED) is 0.843. The lowest BCUT2D eigenvalue weighted by atomic mass is 9.87. The van der Waals surface area contributed by atoms with Gasteiger partial charge in [0.05, 0.1) is 19.1 Å². The third kappa shape index (κ3) is 1.40. The Hall–Kier alpha value is -2.07. The lowest BCUT2D eigenvalue weighted by Crippen LogP contribution is -2.52. The van der Waals surface area contributed by atoms with Gasteiger partial charge >= 0.3 is 0 Å². The molecule has 0 saturated heterocycles. The van der Waals surface area contributed by atoms with E-state index in [1.807, 2.05) is 23.1 Å². The second-order valence-electron chi connectivity index (χ2n) is 5.02. The van der Waals surface area contributed by atoms with Crippen molar-refractivity contribution in [1.82, 2.24) is 4.90 Å². The average Bonchev–Trinajstić information content (AvgIpc) is 3.11. The number of nitrogens with zero attached hydrogens (tertiary/aromatic N) is 2. The normalized spacial score (nSPS) is 24.9. The van der Waals surface area contributed by atoms with Crippen LogP contribution in [-0.4, -0.2) is 28.9 Å². The van der Waals surface area contributed by atoms with E-state index in [0.29, 0.717) is 6.42 Å². The van der Waals surface area contributed by atoms with Gasteiger partial charge in [-0.2, -0.15) is 0 Å². The summed E-state index contributed by atoms with van der Waals surface area (Å²) in [6.45, 7) is 1.47. The SMILES string of the molecule is OC1(c2ccoc2)Cc2ccccc2C2=NCCN21. The highest BCUT2D eigenvalue weighted by Crippen LogP contribution is 2.38. The molecule has 96 valence electrons. The summed E-state index contributed by atoms with van der Waals surface area (Å²) < 4.78 is 5.14. The molecule has 1 N–H and O–H groups in total. The van der Waals surface area contributed by atoms with Crippen molar-refractivity contribution < 1.29 is 9.52 Å². The topological polar surface area (TPSA) is 49.0 Å². The number of amidine groups is 1. The van der Waals surface area contributed by atoms with Crippen LogP contribution in [-0.2, 0) is 12.1 Å². The minimum Gasteiger partial charge on any atom is -0.472 e. The van der Waals surface area contributed by atoms with Crippen LogP contribution in [0.4, 0.5) is 0 Å². The molecule has 0 aliphatic carbocycles. The summed E-state index contributed by atoms with van der Waals surface area (Å²) in [5.74, 6) is 0.894. The summed E-state index contributed by atoms with van der Waals surface area (Å²) in [5, 5.41) is 11.1. The number of hydrogen-bond acceptors (Lipinski definition) is 4. The standard InChI is InChI=1S/C15H14N2O2/c18-15(12-5-8-19-10-12)9-11-3-1-2-4-13(11)14-16-6-7-17(14)15/h1-5,8,10,18H,6-7,9H2. The first-order valence-corrected chi connectivity index (χ1v) is 6.44. The molecule has 0 bridgehead atoms. The summed E-state index contributed by atoms with van der Waals surface area (Å²) in [6.07, 6.45) is 3.77. The Morgan fingerprint density at radius 3 is 3.00 bits per heavy atom. The third-order valence-electron chi connectivity index (χ3n) is 3.97. The molecule has 0 amide bonds. The first-order valence-electron chi connectivity index (χ1n) is 6.44. The van der Waals surface area contributed by atoms with Crippen molar-refractivity contribution >= 4 is 5.84 Å². The molecule has 4 rings (SSSR count). The van der Waals surface area contributed by atoms with E-state index in [9.17, 15) is 5.11 Å². The van der Waals surface area contributed by atoms with Crippen molar-refractivity contribution in [2.75, 3.05) is 13.1 Å². The molecule has 3 heterocycles. The molecule has 0 fully saturated rings. The molecule has 2 aromatic rings. The van der Waals surface area contributed by atoms with Crippen LogP contribution in [0.5, 0.6) is 0 Å². The molecule has 0 spiro atoms. The van der Waals surface area contributed by atoms with Gasteiger partial charge in [-0.15, -0.1) is 0 Å². The van der Waals surface area contributed by atoms with Gasteiger partial charge in [0, 0.05) is 24.1 Å². The largest absolute Gasteiger partial charge is 0.472 e. The first-order chi connectivity index (χ1) is 9.29. The summed E-state index contributed by atoms with van der Waals surface area (Å²) in [7, 11) is 0. The summed E-state index contributed by atoms with van der Waals surface area (Å²) in [4.78, 5) is 6.54. The van der Waals surface area contributed by atoms with E-state index in [-0.39, 0.29) is 0 Å². The predicted octanol–water partition coefficient (Wildman–Crippen LogP) is 1.74. The third-order valence-corrected chi connectivity index (χ3v) is 3.97. The molecule has 1 aromatic carbocycles. The number of aliphatic hydroxyl groups is 1. The van der Waals surface area contributed by atoms with Crippen molar-refractivity contribution in [1.29, 1.82) is 0 Å². The van der Waals surface area contributed by atoms with Gasteiger partial charge in [-0.3, -0.25) is 4.99 Å². The van der Waals surface area contributed by atoms with Gasteiger partial charge in [0.15, 0.2) is 5.72 Å². The number of benzene rings is 1. The molecule has 19 heavy (non-hydrogen) atoms. The number of aliphatic imine (C=N–C) groups is 1. The smallest absolute Gasteiger partial charge is 0.172 e. The average molecular weight is 254 g/mol. The van der Waals surface area contributed by atoms with E-state index < -0.39 is 5.72 Å². The molecule has 1 aromatic heterocycles. The zero-order valence-corrected chi connectivity index (χ0v) is 10.4. The van der Waals surface area contributed by atoms with Gasteiger partial charge in [0.1, 0.15) is 5.84 Å². The van der Waals surface area contributed by atoms with E-state index in [1.54, 1.807) is 12.5 Å². The highest BCUT2D eigenvalue weighted by atomic mass is 16.3. The molecule has 1 atom stereocenters. The molecule has 0 saturated carbocycles. The van der Waals surface area contributed by atoms with E-state index in [2.05, 4.69) is 17.1 Å². The van der Waals surface area contributed by atoms with E-state index in [0.717, 1.165) is 35.6 Å². The fourth-order valence-electron chi connectivity index (χ4n) is 3.04. The monoisotopic (exact) mass is 254 g/mol. The number of fused-ring (bicyclic) bond motifs is 3. The van der Waals surface area contributed by atoms with Gasteiger partial charge in [-0.25, -0.2) is 0 Å². The van der Waals surface area contributed by atoms with Gasteiger partial charge in [-0.1, -0.05) is 24.3 Å². The lowest BCUT2D eigenvalue weighted by Gasteiger charge is -2.42. The van der Waals surface area contributed by atoms with Crippen LogP contribution in [0.1, 0.15) is 16.7 Å². The minimum absolute atomic E-state index is 0.557. The zero-order chi connectivity index (χ0) is 12.9. The Bertz CT molecular complexity index is 648. The first kappa shape index (κ1) is 10.8. The van der Waals surface area contributed by atoms with Crippen molar-refractivity contribution in [2.45, 2.75) is 12.1 Å². The summed E-state index contributed by atoms with van der Waals surface area (Å²) in [6, 6.07) is 9.96. The molecular weight excluding hydrogens is 240 g/mol. The van der Waals surface area contributed by atoms with Gasteiger partial charge < -0.3 is 14.4 Å². The highest BCUT2D eigenvalue weighted by molar-refractivity contribution is 6.02. The van der Waals surface area contributed by atoms with Crippen molar-refractivity contribution in [3.63, 3.8) is 0 Å². The Kier molecular flexibility index (Phi) is 2.11. The maximum Gasteiger partial charge on any atom is 0.172 e. The number of rotatable bonds is 1. The van der Waals surface area contributed by atoms with Crippen LogP contribution in [0.2, 0.25) is 0 Å². The Morgan fingerprint density at radius 2 is 2.16 bits per heavy atom. The van der Waals surface area contributed by atoms with Crippen LogP contribution in [0.3, 0.4) is 0 Å². The molecular formula is C15H14N2O2. The van der Waals surface area contributed by atoms with Crippen molar-refractivity contribution in [3.8, 4) is 0 Å². The fourth-order valence-corrected chi connectivity index (χ4v) is 3.04. The summed E-state index contributed by atoms with van der Waals surface area (Å²) >= 11 is 0. The second kappa shape index (κ2) is 3.71. The Labute approximate surface area is 111 Å². The molecule has 1 unspecified atom stereocenters. The minimum atomic E-state index is -1.04. The highest BCUT2D eigenvalue weighted by Gasteiger charge is 2.45. The molecule has 0 radical (unpaired) electrons. The van der Waals surface area contributed by atoms with Crippen LogP contribution in [0.15, 0.2) is 52.3 Å². The van der Waals surface area contributed by atoms with Crippen LogP contribution < -0.4 is 0 Å². The van der Waals surface area contributed by atoms with Crippen LogP contribution in [0, 0.1) is 0 Å². The zero-order valence-electron chi connectivity index (χ0n) is 10.4. The molecule has 4 heteroatoms. The van der Waals surface area contributed by atoms with Gasteiger partial charge in [-0.05, 0) is 11.6 Å². The van der Waals surface area contributed by atoms with E-state index >= 15 is 0 Å². The van der Waals surface area contributed by atoms with Gasteiger partial charge in [0.2, 0.25) is 0 Å². The number of hydrogen-bond donors (Lipinski definition) is 1. The van der Waals surface area contributed by atoms with Crippen LogP contribution >= 0.6 is 0 Å². The summed E-state index contributed by atoms with van der Waals surface area (Å²) in [5.41, 5.74) is 2.00. The van der Waals surface area contributed by atoms with Crippen molar-refractivity contribution in [3.05, 3.63) is 59.5 Å². The molecule has 4 nitrogen and oxygen atoms in total. The maximum absolute atomic E-state index is 11.1. The van der Waals surface area contributed by atoms with E-state index in [4.69, 9.17) is 4.42 Å². The Balaban J connectivity index is 1.91. The van der Waals surface area contributed by atoms with Crippen LogP contribution in [0.25, 0.3) is 0 Å². The predicted molar refractivity (Wildman–Crippen MR) is 70.9 cm³/mol. The van der Waals surface area contributed by atoms with Gasteiger partial charge in [0.25, 0.3) is 0 Å². The number of furan rings is 1. The van der Waals surface area contributed by atoms with E-state index in [1.165, 1.54) is 0 Å². The Morgan fingerprint density at radius 1 is 1.26 bits per heavy atom. The molecule has 2 aliphatic rings. The lowest BCUT2D eigenvalue weighted by molar-refractivity contribution is -0.0748. The fraction of sp³-hybridized carbons (Fsp3) is 0.267. The second-order valence-corrected chi connectivity index (χ2v) is 5.02. The maximum atomic E-state index is 11.1. The molecule has 2 aliphatic heterocycles. The van der Waals surface area contributed by atoms with Crippen molar-refractivity contribution in [2.24, 2.45) is 4.99 Å².